The molecule has 0 spiro atoms. The third-order valence-electron chi connectivity index (χ3n) is 4.08. The van der Waals surface area contributed by atoms with Crippen molar-refractivity contribution in [3.05, 3.63) is 36.2 Å². The average Bonchev–Trinajstić information content (AvgIpc) is 2.61. The summed E-state index contributed by atoms with van der Waals surface area (Å²) in [6.07, 6.45) is 4.64. The summed E-state index contributed by atoms with van der Waals surface area (Å²) in [7, 11) is 1.44. The van der Waals surface area contributed by atoms with Crippen molar-refractivity contribution in [2.45, 2.75) is 18.9 Å². The van der Waals surface area contributed by atoms with Crippen molar-refractivity contribution >= 4 is 11.9 Å². The molecule has 1 saturated heterocycles. The normalized spacial score (nSPS) is 17.6. The molecule has 1 aliphatic rings. The number of rotatable bonds is 4. The lowest BCUT2D eigenvalue weighted by atomic mass is 10.0. The molecule has 126 valence electrons. The van der Waals surface area contributed by atoms with Crippen LogP contribution in [0.15, 0.2) is 30.6 Å². The summed E-state index contributed by atoms with van der Waals surface area (Å²) in [6, 6.07) is 4.93. The number of benzene rings is 1. The number of methoxy groups -OCH3 is 1. The number of aromatic nitrogens is 2. The molecule has 1 fully saturated rings. The Morgan fingerprint density at radius 2 is 2.08 bits per heavy atom. The Balaban J connectivity index is 1.91. The average molecular weight is 329 g/mol. The maximum atomic E-state index is 11.3. The molecule has 24 heavy (non-hydrogen) atoms. The molecule has 0 aliphatic carbocycles. The van der Waals surface area contributed by atoms with Crippen LogP contribution in [0.5, 0.6) is 5.75 Å². The van der Waals surface area contributed by atoms with Gasteiger partial charge in [-0.1, -0.05) is 12.1 Å². The summed E-state index contributed by atoms with van der Waals surface area (Å²) in [4.78, 5) is 22.0. The van der Waals surface area contributed by atoms with Crippen LogP contribution in [-0.2, 0) is 0 Å². The molecule has 1 aromatic heterocycles. The summed E-state index contributed by atoms with van der Waals surface area (Å²) >= 11 is 0. The van der Waals surface area contributed by atoms with Crippen molar-refractivity contribution < 1.29 is 19.7 Å². The Bertz CT molecular complexity index is 733. The largest absolute Gasteiger partial charge is 0.495 e. The number of aromatic carboxylic acids is 1. The van der Waals surface area contributed by atoms with Gasteiger partial charge in [0.2, 0.25) is 5.95 Å². The third kappa shape index (κ3) is 3.16. The first-order valence-corrected chi connectivity index (χ1v) is 7.76. The zero-order chi connectivity index (χ0) is 17.1. The highest BCUT2D eigenvalue weighted by molar-refractivity contribution is 5.94. The SMILES string of the molecule is COc1c(C(=O)O)cccc1-c1cnc(N2CCCC(O)C2)nc1. The molecule has 3 rings (SSSR count). The number of carboxylic acids is 1. The Morgan fingerprint density at radius 3 is 2.71 bits per heavy atom. The lowest BCUT2D eigenvalue weighted by molar-refractivity contribution is 0.0693. The molecule has 0 saturated carbocycles. The fourth-order valence-corrected chi connectivity index (χ4v) is 2.91. The highest BCUT2D eigenvalue weighted by Crippen LogP contribution is 2.33. The van der Waals surface area contributed by atoms with Gasteiger partial charge in [0.15, 0.2) is 0 Å². The van der Waals surface area contributed by atoms with Gasteiger partial charge in [0, 0.05) is 36.6 Å². The van der Waals surface area contributed by atoms with Crippen LogP contribution >= 0.6 is 0 Å². The second-order valence-corrected chi connectivity index (χ2v) is 5.71. The van der Waals surface area contributed by atoms with Gasteiger partial charge in [-0.15, -0.1) is 0 Å². The number of β-amino-alcohol motifs (C(OH)–C–C–N with tert-alkyl or cyclic N) is 1. The molecule has 0 amide bonds. The zero-order valence-electron chi connectivity index (χ0n) is 13.3. The maximum absolute atomic E-state index is 11.3. The van der Waals surface area contributed by atoms with Gasteiger partial charge < -0.3 is 19.8 Å². The topological polar surface area (TPSA) is 95.8 Å². The number of aliphatic hydroxyl groups excluding tert-OH is 1. The Kier molecular flexibility index (Phi) is 4.61. The minimum atomic E-state index is -1.05. The number of piperidine rings is 1. The van der Waals surface area contributed by atoms with E-state index >= 15 is 0 Å². The van der Waals surface area contributed by atoms with E-state index in [1.165, 1.54) is 13.2 Å². The Hall–Kier alpha value is -2.67. The number of nitrogens with zero attached hydrogens (tertiary/aromatic N) is 3. The third-order valence-corrected chi connectivity index (χ3v) is 4.08. The summed E-state index contributed by atoms with van der Waals surface area (Å²) in [5, 5.41) is 19.0. The maximum Gasteiger partial charge on any atom is 0.339 e. The van der Waals surface area contributed by atoms with Gasteiger partial charge >= 0.3 is 5.97 Å². The molecule has 7 heteroatoms. The second-order valence-electron chi connectivity index (χ2n) is 5.71. The lowest BCUT2D eigenvalue weighted by Crippen LogP contribution is -2.39. The van der Waals surface area contributed by atoms with Crippen molar-refractivity contribution in [2.75, 3.05) is 25.1 Å². The molecule has 2 aromatic rings. The van der Waals surface area contributed by atoms with E-state index in [1.807, 2.05) is 4.90 Å². The minimum Gasteiger partial charge on any atom is -0.495 e. The summed E-state index contributed by atoms with van der Waals surface area (Å²) in [5.41, 5.74) is 1.40. The number of para-hydroxylation sites is 1. The lowest BCUT2D eigenvalue weighted by Gasteiger charge is -2.29. The fraction of sp³-hybridized carbons (Fsp3) is 0.353. The molecule has 7 nitrogen and oxygen atoms in total. The van der Waals surface area contributed by atoms with E-state index in [2.05, 4.69) is 9.97 Å². The van der Waals surface area contributed by atoms with Gasteiger partial charge in [0.05, 0.1) is 13.2 Å². The van der Waals surface area contributed by atoms with Crippen LogP contribution in [0.3, 0.4) is 0 Å². The van der Waals surface area contributed by atoms with E-state index in [1.54, 1.807) is 24.5 Å². The monoisotopic (exact) mass is 329 g/mol. The van der Waals surface area contributed by atoms with Crippen LogP contribution in [0.2, 0.25) is 0 Å². The summed E-state index contributed by atoms with van der Waals surface area (Å²) in [6.45, 7) is 1.34. The highest BCUT2D eigenvalue weighted by atomic mass is 16.5. The minimum absolute atomic E-state index is 0.0956. The zero-order valence-corrected chi connectivity index (χ0v) is 13.3. The first-order valence-electron chi connectivity index (χ1n) is 7.76. The molecular formula is C17H19N3O4. The van der Waals surface area contributed by atoms with E-state index in [0.29, 0.717) is 23.6 Å². The van der Waals surface area contributed by atoms with E-state index in [0.717, 1.165) is 19.4 Å². The van der Waals surface area contributed by atoms with Crippen molar-refractivity contribution in [1.29, 1.82) is 0 Å². The molecule has 1 atom stereocenters. The second kappa shape index (κ2) is 6.84. The van der Waals surface area contributed by atoms with Crippen molar-refractivity contribution in [3.8, 4) is 16.9 Å². The van der Waals surface area contributed by atoms with E-state index < -0.39 is 5.97 Å². The number of carbonyl (C=O) groups is 1. The van der Waals surface area contributed by atoms with E-state index in [9.17, 15) is 15.0 Å². The standard InChI is InChI=1S/C17H19N3O4/c1-24-15-13(5-2-6-14(15)16(22)23)11-8-18-17(19-9-11)20-7-3-4-12(21)10-20/h2,5-6,8-9,12,21H,3-4,7,10H2,1H3,(H,22,23). The van der Waals surface area contributed by atoms with Crippen LogP contribution in [0.25, 0.3) is 11.1 Å². The predicted molar refractivity (Wildman–Crippen MR) is 88.4 cm³/mol. The molecule has 1 aliphatic heterocycles. The number of hydrogen-bond donors (Lipinski definition) is 2. The number of anilines is 1. The summed E-state index contributed by atoms with van der Waals surface area (Å²) in [5.74, 6) is -0.200. The van der Waals surface area contributed by atoms with Crippen molar-refractivity contribution in [2.24, 2.45) is 0 Å². The number of hydrogen-bond acceptors (Lipinski definition) is 6. The van der Waals surface area contributed by atoms with Crippen LogP contribution in [0.4, 0.5) is 5.95 Å². The van der Waals surface area contributed by atoms with Crippen LogP contribution in [0.1, 0.15) is 23.2 Å². The molecule has 1 aromatic carbocycles. The van der Waals surface area contributed by atoms with Gasteiger partial charge in [0.25, 0.3) is 0 Å². The number of carboxylic acid groups (broad SMARTS) is 1. The molecule has 0 radical (unpaired) electrons. The first kappa shape index (κ1) is 16.2. The molecular weight excluding hydrogens is 310 g/mol. The van der Waals surface area contributed by atoms with Crippen LogP contribution < -0.4 is 9.64 Å². The first-order chi connectivity index (χ1) is 11.6. The van der Waals surface area contributed by atoms with Gasteiger partial charge in [-0.2, -0.15) is 0 Å². The molecule has 1 unspecified atom stereocenters. The quantitative estimate of drug-likeness (QED) is 0.883. The van der Waals surface area contributed by atoms with E-state index in [4.69, 9.17) is 4.74 Å². The summed E-state index contributed by atoms with van der Waals surface area (Å²) < 4.78 is 5.27. The Morgan fingerprint density at radius 1 is 1.33 bits per heavy atom. The predicted octanol–water partition coefficient (Wildman–Crippen LogP) is 1.81. The highest BCUT2D eigenvalue weighted by Gasteiger charge is 2.20. The van der Waals surface area contributed by atoms with Crippen LogP contribution in [-0.4, -0.2) is 52.5 Å². The van der Waals surface area contributed by atoms with E-state index in [-0.39, 0.29) is 17.4 Å². The van der Waals surface area contributed by atoms with Crippen molar-refractivity contribution in [3.63, 3.8) is 0 Å². The number of aliphatic hydroxyl groups is 1. The smallest absolute Gasteiger partial charge is 0.339 e. The Labute approximate surface area is 139 Å². The van der Waals surface area contributed by atoms with Crippen molar-refractivity contribution in [1.82, 2.24) is 9.97 Å². The van der Waals surface area contributed by atoms with Gasteiger partial charge in [-0.05, 0) is 18.9 Å². The fourth-order valence-electron chi connectivity index (χ4n) is 2.91. The molecule has 2 N–H and O–H groups in total. The number of ether oxygens (including phenoxy) is 1. The van der Waals surface area contributed by atoms with Gasteiger partial charge in [0.1, 0.15) is 11.3 Å². The molecule has 0 bridgehead atoms. The molecule has 2 heterocycles. The van der Waals surface area contributed by atoms with Crippen LogP contribution in [0, 0.1) is 0 Å². The van der Waals surface area contributed by atoms with Gasteiger partial charge in [-0.25, -0.2) is 14.8 Å². The van der Waals surface area contributed by atoms with Gasteiger partial charge in [-0.3, -0.25) is 0 Å².